The average molecular weight is 392 g/mol. The molecule has 0 heterocycles. The molecule has 0 unspecified atom stereocenters. The lowest BCUT2D eigenvalue weighted by atomic mass is 10.2. The van der Waals surface area contributed by atoms with Crippen molar-refractivity contribution in [3.05, 3.63) is 71.2 Å². The number of benzene rings is 2. The number of hydrogen-bond acceptors (Lipinski definition) is 3. The first kappa shape index (κ1) is 17.6. The van der Waals surface area contributed by atoms with E-state index in [0.717, 1.165) is 21.7 Å². The van der Waals surface area contributed by atoms with E-state index in [1.807, 2.05) is 36.4 Å². The zero-order chi connectivity index (χ0) is 16.5. The maximum absolute atomic E-state index is 11.9. The van der Waals surface area contributed by atoms with Gasteiger partial charge in [0.25, 0.3) is 0 Å². The maximum Gasteiger partial charge on any atom is 0.234 e. The van der Waals surface area contributed by atoms with E-state index < -0.39 is 0 Å². The van der Waals surface area contributed by atoms with Gasteiger partial charge in [0, 0.05) is 15.9 Å². The van der Waals surface area contributed by atoms with Crippen molar-refractivity contribution in [2.45, 2.75) is 5.75 Å². The highest BCUT2D eigenvalue weighted by Gasteiger charge is 2.03. The Hall–Kier alpha value is -1.72. The van der Waals surface area contributed by atoms with E-state index >= 15 is 0 Å². The molecule has 0 aromatic heterocycles. The van der Waals surface area contributed by atoms with Crippen molar-refractivity contribution in [3.63, 3.8) is 0 Å². The molecule has 23 heavy (non-hydrogen) atoms. The number of amides is 1. The van der Waals surface area contributed by atoms with Crippen LogP contribution in [-0.2, 0) is 10.5 Å². The van der Waals surface area contributed by atoms with Crippen LogP contribution in [0, 0.1) is 0 Å². The van der Waals surface area contributed by atoms with Crippen molar-refractivity contribution in [2.75, 3.05) is 17.7 Å². The van der Waals surface area contributed by atoms with Gasteiger partial charge >= 0.3 is 0 Å². The van der Waals surface area contributed by atoms with Crippen LogP contribution in [0.3, 0.4) is 0 Å². The first-order chi connectivity index (χ1) is 11.2. The summed E-state index contributed by atoms with van der Waals surface area (Å²) in [7, 11) is 0. The molecule has 0 saturated heterocycles. The van der Waals surface area contributed by atoms with Gasteiger partial charge in [-0.2, -0.15) is 0 Å². The van der Waals surface area contributed by atoms with Crippen LogP contribution in [0.1, 0.15) is 5.56 Å². The molecule has 0 aliphatic heterocycles. The van der Waals surface area contributed by atoms with Gasteiger partial charge in [0.05, 0.1) is 5.75 Å². The predicted molar refractivity (Wildman–Crippen MR) is 101 cm³/mol. The second kappa shape index (κ2) is 9.43. The van der Waals surface area contributed by atoms with Gasteiger partial charge in [0.15, 0.2) is 0 Å². The number of halogens is 1. The number of rotatable bonds is 8. The number of nitrogens with one attached hydrogen (secondary N) is 1. The Morgan fingerprint density at radius 2 is 1.87 bits per heavy atom. The smallest absolute Gasteiger partial charge is 0.234 e. The standard InChI is InChI=1S/C18H18BrNO2S/c1-2-11-22-17-9-7-16(8-10-17)20-18(21)13-23-12-14-3-5-15(19)6-4-14/h2-10H,1,11-13H2,(H,20,21). The van der Waals surface area contributed by atoms with Crippen molar-refractivity contribution in [3.8, 4) is 5.75 Å². The maximum atomic E-state index is 11.9. The topological polar surface area (TPSA) is 38.3 Å². The van der Waals surface area contributed by atoms with Crippen molar-refractivity contribution < 1.29 is 9.53 Å². The first-order valence-corrected chi connectivity index (χ1v) is 9.08. The monoisotopic (exact) mass is 391 g/mol. The van der Waals surface area contributed by atoms with Gasteiger partial charge < -0.3 is 10.1 Å². The average Bonchev–Trinajstić information content (AvgIpc) is 2.56. The third kappa shape index (κ3) is 6.50. The summed E-state index contributed by atoms with van der Waals surface area (Å²) in [6.45, 7) is 4.07. The number of anilines is 1. The van der Waals surface area contributed by atoms with Gasteiger partial charge in [0.2, 0.25) is 5.91 Å². The van der Waals surface area contributed by atoms with Crippen LogP contribution in [0.5, 0.6) is 5.75 Å². The van der Waals surface area contributed by atoms with E-state index in [9.17, 15) is 4.79 Å². The highest BCUT2D eigenvalue weighted by Crippen LogP contribution is 2.18. The molecular weight excluding hydrogens is 374 g/mol. The Bertz CT molecular complexity index is 641. The van der Waals surface area contributed by atoms with E-state index in [-0.39, 0.29) is 5.91 Å². The lowest BCUT2D eigenvalue weighted by Gasteiger charge is -2.07. The predicted octanol–water partition coefficient (Wildman–Crippen LogP) is 4.89. The Morgan fingerprint density at radius 1 is 1.17 bits per heavy atom. The summed E-state index contributed by atoms with van der Waals surface area (Å²) in [6.07, 6.45) is 1.69. The van der Waals surface area contributed by atoms with Crippen LogP contribution in [0.4, 0.5) is 5.69 Å². The summed E-state index contributed by atoms with van der Waals surface area (Å²) in [5, 5.41) is 2.88. The molecule has 2 rings (SSSR count). The van der Waals surface area contributed by atoms with Crippen LogP contribution in [0.15, 0.2) is 65.7 Å². The number of ether oxygens (including phenoxy) is 1. The third-order valence-corrected chi connectivity index (χ3v) is 4.45. The Kier molecular flexibility index (Phi) is 7.23. The number of carbonyl (C=O) groups is 1. The molecule has 120 valence electrons. The Balaban J connectivity index is 1.73. The van der Waals surface area contributed by atoms with Crippen molar-refractivity contribution in [1.82, 2.24) is 0 Å². The van der Waals surface area contributed by atoms with E-state index in [2.05, 4.69) is 40.0 Å². The molecule has 0 saturated carbocycles. The quantitative estimate of drug-likeness (QED) is 0.651. The van der Waals surface area contributed by atoms with Crippen LogP contribution in [-0.4, -0.2) is 18.3 Å². The zero-order valence-corrected chi connectivity index (χ0v) is 15.0. The number of thioether (sulfide) groups is 1. The fraction of sp³-hybridized carbons (Fsp3) is 0.167. The summed E-state index contributed by atoms with van der Waals surface area (Å²) in [5.41, 5.74) is 1.97. The normalized spacial score (nSPS) is 10.1. The van der Waals surface area contributed by atoms with E-state index in [4.69, 9.17) is 4.74 Å². The first-order valence-electron chi connectivity index (χ1n) is 7.13. The summed E-state index contributed by atoms with van der Waals surface area (Å²) in [6, 6.07) is 15.4. The van der Waals surface area contributed by atoms with Crippen LogP contribution >= 0.6 is 27.7 Å². The minimum atomic E-state index is -0.00753. The molecule has 2 aromatic carbocycles. The van der Waals surface area contributed by atoms with Gasteiger partial charge in [0.1, 0.15) is 12.4 Å². The fourth-order valence-corrected chi connectivity index (χ4v) is 2.88. The summed E-state index contributed by atoms with van der Waals surface area (Å²) < 4.78 is 6.46. The second-order valence-corrected chi connectivity index (χ2v) is 6.69. The molecule has 0 aliphatic rings. The zero-order valence-electron chi connectivity index (χ0n) is 12.6. The van der Waals surface area contributed by atoms with E-state index in [0.29, 0.717) is 12.4 Å². The van der Waals surface area contributed by atoms with Crippen LogP contribution in [0.25, 0.3) is 0 Å². The molecule has 0 bridgehead atoms. The van der Waals surface area contributed by atoms with Crippen molar-refractivity contribution >= 4 is 39.3 Å². The SMILES string of the molecule is C=CCOc1ccc(NC(=O)CSCc2ccc(Br)cc2)cc1. The molecule has 2 aromatic rings. The Morgan fingerprint density at radius 3 is 2.52 bits per heavy atom. The summed E-state index contributed by atoms with van der Waals surface area (Å²) >= 11 is 5.00. The van der Waals surface area contributed by atoms with Crippen molar-refractivity contribution in [2.24, 2.45) is 0 Å². The lowest BCUT2D eigenvalue weighted by Crippen LogP contribution is -2.14. The third-order valence-electron chi connectivity index (χ3n) is 2.92. The van der Waals surface area contributed by atoms with Gasteiger partial charge in [-0.05, 0) is 42.0 Å². The molecule has 0 fully saturated rings. The fourth-order valence-electron chi connectivity index (χ4n) is 1.83. The Labute approximate surface area is 149 Å². The molecule has 0 atom stereocenters. The largest absolute Gasteiger partial charge is 0.490 e. The molecule has 1 amide bonds. The number of hydrogen-bond donors (Lipinski definition) is 1. The van der Waals surface area contributed by atoms with Gasteiger partial charge in [-0.15, -0.1) is 11.8 Å². The molecule has 0 spiro atoms. The van der Waals surface area contributed by atoms with Crippen LogP contribution in [0.2, 0.25) is 0 Å². The number of carbonyl (C=O) groups excluding carboxylic acids is 1. The molecule has 0 radical (unpaired) electrons. The molecule has 0 aliphatic carbocycles. The lowest BCUT2D eigenvalue weighted by molar-refractivity contribution is -0.113. The van der Waals surface area contributed by atoms with E-state index in [1.165, 1.54) is 5.56 Å². The molecule has 1 N–H and O–H groups in total. The van der Waals surface area contributed by atoms with Gasteiger partial charge in [-0.25, -0.2) is 0 Å². The minimum Gasteiger partial charge on any atom is -0.490 e. The van der Waals surface area contributed by atoms with Crippen LogP contribution < -0.4 is 10.1 Å². The highest BCUT2D eigenvalue weighted by molar-refractivity contribution is 9.10. The van der Waals surface area contributed by atoms with E-state index in [1.54, 1.807) is 17.8 Å². The molecule has 5 heteroatoms. The molecule has 3 nitrogen and oxygen atoms in total. The molecular formula is C18H18BrNO2S. The van der Waals surface area contributed by atoms with Crippen molar-refractivity contribution in [1.29, 1.82) is 0 Å². The van der Waals surface area contributed by atoms with Gasteiger partial charge in [-0.3, -0.25) is 4.79 Å². The summed E-state index contributed by atoms with van der Waals surface area (Å²) in [5.74, 6) is 1.99. The summed E-state index contributed by atoms with van der Waals surface area (Å²) in [4.78, 5) is 11.9. The van der Waals surface area contributed by atoms with Gasteiger partial charge in [-0.1, -0.05) is 40.7 Å². The second-order valence-electron chi connectivity index (χ2n) is 4.79. The minimum absolute atomic E-state index is 0.00753. The highest BCUT2D eigenvalue weighted by atomic mass is 79.9.